The van der Waals surface area contributed by atoms with E-state index in [4.69, 9.17) is 0 Å². The molecule has 0 spiro atoms. The van der Waals surface area contributed by atoms with Gasteiger partial charge >= 0.3 is 0 Å². The Kier molecular flexibility index (Phi) is 4.69. The topological polar surface area (TPSA) is 40.5 Å². The van der Waals surface area contributed by atoms with Gasteiger partial charge in [0.1, 0.15) is 11.5 Å². The lowest BCUT2D eigenvalue weighted by atomic mass is 9.63. The Morgan fingerprint density at radius 3 is 2.41 bits per heavy atom. The van der Waals surface area contributed by atoms with Crippen molar-refractivity contribution >= 4 is 0 Å². The molecule has 2 nitrogen and oxygen atoms in total. The molecule has 2 atom stereocenters. The van der Waals surface area contributed by atoms with E-state index in [1.807, 2.05) is 6.92 Å². The molecule has 2 rings (SSSR count). The van der Waals surface area contributed by atoms with Crippen LogP contribution in [0.3, 0.4) is 0 Å². The highest BCUT2D eigenvalue weighted by molar-refractivity contribution is 5.52. The molecule has 0 aliphatic heterocycles. The van der Waals surface area contributed by atoms with Gasteiger partial charge in [0.2, 0.25) is 0 Å². The number of hydrogen-bond acceptors (Lipinski definition) is 2. The molecule has 0 unspecified atom stereocenters. The number of phenolic OH excluding ortho intramolecular Hbond substituents is 2. The van der Waals surface area contributed by atoms with Crippen molar-refractivity contribution in [1.82, 2.24) is 0 Å². The van der Waals surface area contributed by atoms with E-state index >= 15 is 0 Å². The van der Waals surface area contributed by atoms with Crippen molar-refractivity contribution in [2.24, 2.45) is 5.41 Å². The fourth-order valence-corrected chi connectivity index (χ4v) is 3.48. The molecule has 0 saturated carbocycles. The maximum Gasteiger partial charge on any atom is 0.123 e. The highest BCUT2D eigenvalue weighted by Gasteiger charge is 2.39. The molecule has 120 valence electrons. The first-order valence-corrected chi connectivity index (χ1v) is 8.17. The fraction of sp³-hybridized carbons (Fsp3) is 0.500. The van der Waals surface area contributed by atoms with Crippen molar-refractivity contribution in [2.45, 2.75) is 59.3 Å². The molecule has 1 aromatic rings. The van der Waals surface area contributed by atoms with Gasteiger partial charge in [0, 0.05) is 11.5 Å². The predicted molar refractivity (Wildman–Crippen MR) is 92.4 cm³/mol. The van der Waals surface area contributed by atoms with Gasteiger partial charge in [-0.25, -0.2) is 0 Å². The quantitative estimate of drug-likeness (QED) is 0.725. The Morgan fingerprint density at radius 1 is 1.32 bits per heavy atom. The second kappa shape index (κ2) is 6.20. The lowest BCUT2D eigenvalue weighted by molar-refractivity contribution is 0.296. The van der Waals surface area contributed by atoms with Crippen LogP contribution in [0, 0.1) is 5.41 Å². The highest BCUT2D eigenvalue weighted by Crippen LogP contribution is 2.53. The van der Waals surface area contributed by atoms with E-state index in [-0.39, 0.29) is 22.8 Å². The Bertz CT molecular complexity index is 589. The summed E-state index contributed by atoms with van der Waals surface area (Å²) in [5.41, 5.74) is 3.89. The van der Waals surface area contributed by atoms with Crippen molar-refractivity contribution in [3.8, 4) is 11.5 Å². The van der Waals surface area contributed by atoms with Crippen LogP contribution in [0.1, 0.15) is 64.0 Å². The van der Waals surface area contributed by atoms with Gasteiger partial charge in [0.15, 0.2) is 0 Å². The van der Waals surface area contributed by atoms with Crippen LogP contribution in [0.15, 0.2) is 35.9 Å². The molecular weight excluding hydrogens is 272 g/mol. The van der Waals surface area contributed by atoms with E-state index in [1.54, 1.807) is 12.1 Å². The highest BCUT2D eigenvalue weighted by atomic mass is 16.3. The molecule has 1 aromatic carbocycles. The second-order valence-electron chi connectivity index (χ2n) is 6.99. The molecule has 1 aliphatic carbocycles. The van der Waals surface area contributed by atoms with Gasteiger partial charge in [-0.05, 0) is 56.2 Å². The molecule has 0 bridgehead atoms. The number of benzene rings is 1. The fourth-order valence-electron chi connectivity index (χ4n) is 3.48. The van der Waals surface area contributed by atoms with Crippen molar-refractivity contribution in [1.29, 1.82) is 0 Å². The number of allylic oxidation sites excluding steroid dienone is 3. The summed E-state index contributed by atoms with van der Waals surface area (Å²) in [4.78, 5) is 0. The normalized spacial score (nSPS) is 24.9. The molecule has 1 aliphatic rings. The van der Waals surface area contributed by atoms with Gasteiger partial charge in [-0.2, -0.15) is 0 Å². The van der Waals surface area contributed by atoms with Crippen LogP contribution < -0.4 is 0 Å². The Balaban J connectivity index is 2.57. The zero-order valence-electron chi connectivity index (χ0n) is 14.2. The summed E-state index contributed by atoms with van der Waals surface area (Å²) in [7, 11) is 0. The summed E-state index contributed by atoms with van der Waals surface area (Å²) in [5, 5.41) is 21.1. The van der Waals surface area contributed by atoms with Gasteiger partial charge in [-0.15, -0.1) is 0 Å². The summed E-state index contributed by atoms with van der Waals surface area (Å²) in [5.74, 6) is 0.369. The van der Waals surface area contributed by atoms with Crippen LogP contribution in [0.2, 0.25) is 0 Å². The smallest absolute Gasteiger partial charge is 0.123 e. The van der Waals surface area contributed by atoms with Crippen LogP contribution in [-0.2, 0) is 6.42 Å². The standard InChI is InChI=1S/C20H28O2/c1-6-7-15-11-17(21)19(18(22)12-15)16-10-14(4)8-9-20(16,5)13(2)3/h10-12,16,21-22H,2,6-9H2,1,3-5H3/t16-,20-/m0/s1. The van der Waals surface area contributed by atoms with Crippen molar-refractivity contribution in [3.63, 3.8) is 0 Å². The van der Waals surface area contributed by atoms with E-state index in [2.05, 4.69) is 33.4 Å². The van der Waals surface area contributed by atoms with Gasteiger partial charge in [0.05, 0.1) is 0 Å². The largest absolute Gasteiger partial charge is 0.507 e. The third-order valence-electron chi connectivity index (χ3n) is 5.20. The van der Waals surface area contributed by atoms with Crippen LogP contribution >= 0.6 is 0 Å². The monoisotopic (exact) mass is 300 g/mol. The van der Waals surface area contributed by atoms with Gasteiger partial charge in [-0.3, -0.25) is 0 Å². The summed E-state index contributed by atoms with van der Waals surface area (Å²) in [6, 6.07) is 3.60. The third kappa shape index (κ3) is 2.92. The van der Waals surface area contributed by atoms with Crippen LogP contribution in [-0.4, -0.2) is 10.2 Å². The Hall–Kier alpha value is -1.70. The minimum Gasteiger partial charge on any atom is -0.507 e. The van der Waals surface area contributed by atoms with E-state index < -0.39 is 0 Å². The van der Waals surface area contributed by atoms with E-state index in [9.17, 15) is 10.2 Å². The average molecular weight is 300 g/mol. The summed E-state index contributed by atoms with van der Waals surface area (Å²) in [6.45, 7) is 12.6. The Labute approximate surface area is 134 Å². The molecule has 0 radical (unpaired) electrons. The Morgan fingerprint density at radius 2 is 1.91 bits per heavy atom. The first-order valence-electron chi connectivity index (χ1n) is 8.17. The SMILES string of the molecule is C=C(C)[C@]1(C)CCC(C)=C[C@H]1c1c(O)cc(CCC)cc1O. The van der Waals surface area contributed by atoms with Gasteiger partial charge in [0.25, 0.3) is 0 Å². The predicted octanol–water partition coefficient (Wildman–Crippen LogP) is 5.46. The van der Waals surface area contributed by atoms with Crippen LogP contribution in [0.25, 0.3) is 0 Å². The van der Waals surface area contributed by atoms with Crippen molar-refractivity contribution < 1.29 is 10.2 Å². The molecule has 2 N–H and O–H groups in total. The number of rotatable bonds is 4. The van der Waals surface area contributed by atoms with Crippen molar-refractivity contribution in [3.05, 3.63) is 47.1 Å². The van der Waals surface area contributed by atoms with E-state index in [0.29, 0.717) is 5.56 Å². The number of aryl methyl sites for hydroxylation is 1. The molecule has 22 heavy (non-hydrogen) atoms. The third-order valence-corrected chi connectivity index (χ3v) is 5.20. The number of hydrogen-bond donors (Lipinski definition) is 2. The minimum absolute atomic E-state index is 0.0329. The maximum atomic E-state index is 10.5. The number of phenols is 2. The molecule has 0 aromatic heterocycles. The molecule has 0 fully saturated rings. The average Bonchev–Trinajstić information content (AvgIpc) is 2.42. The second-order valence-corrected chi connectivity index (χ2v) is 6.99. The van der Waals surface area contributed by atoms with Crippen LogP contribution in [0.5, 0.6) is 11.5 Å². The summed E-state index contributed by atoms with van der Waals surface area (Å²) in [6.07, 6.45) is 6.06. The summed E-state index contributed by atoms with van der Waals surface area (Å²) >= 11 is 0. The van der Waals surface area contributed by atoms with Crippen molar-refractivity contribution in [2.75, 3.05) is 0 Å². The molecule has 0 heterocycles. The maximum absolute atomic E-state index is 10.5. The molecule has 0 amide bonds. The lowest BCUT2D eigenvalue weighted by Crippen LogP contribution is -2.29. The number of aromatic hydroxyl groups is 2. The summed E-state index contributed by atoms with van der Waals surface area (Å²) < 4.78 is 0. The molecule has 2 heteroatoms. The van der Waals surface area contributed by atoms with E-state index in [1.165, 1.54) is 5.57 Å². The molecular formula is C20H28O2. The van der Waals surface area contributed by atoms with Gasteiger partial charge in [-0.1, -0.05) is 44.1 Å². The lowest BCUT2D eigenvalue weighted by Gasteiger charge is -2.41. The van der Waals surface area contributed by atoms with Crippen LogP contribution in [0.4, 0.5) is 0 Å². The zero-order valence-corrected chi connectivity index (χ0v) is 14.2. The first kappa shape index (κ1) is 16.7. The first-order chi connectivity index (χ1) is 10.3. The van der Waals surface area contributed by atoms with Gasteiger partial charge < -0.3 is 10.2 Å². The zero-order chi connectivity index (χ0) is 16.5. The minimum atomic E-state index is -0.138. The van der Waals surface area contributed by atoms with E-state index in [0.717, 1.165) is 36.8 Å². The molecule has 0 saturated heterocycles.